The van der Waals surface area contributed by atoms with Crippen LogP contribution in [0.3, 0.4) is 0 Å². The summed E-state index contributed by atoms with van der Waals surface area (Å²) in [5, 5.41) is -0.337. The van der Waals surface area contributed by atoms with Crippen LogP contribution in [0.4, 0.5) is 0 Å². The molecule has 1 saturated heterocycles. The number of aryl methyl sites for hydroxylation is 1. The van der Waals surface area contributed by atoms with E-state index in [-0.39, 0.29) is 29.6 Å². The van der Waals surface area contributed by atoms with Gasteiger partial charge in [-0.05, 0) is 56.7 Å². The van der Waals surface area contributed by atoms with E-state index in [2.05, 4.69) is 0 Å². The van der Waals surface area contributed by atoms with Crippen molar-refractivity contribution in [2.24, 2.45) is 5.92 Å². The third kappa shape index (κ3) is 4.14. The molecule has 0 bridgehead atoms. The van der Waals surface area contributed by atoms with Crippen LogP contribution < -0.4 is 9.47 Å². The van der Waals surface area contributed by atoms with Crippen molar-refractivity contribution < 1.29 is 22.7 Å². The molecule has 0 spiro atoms. The van der Waals surface area contributed by atoms with Gasteiger partial charge in [-0.25, -0.2) is 8.42 Å². The average Bonchev–Trinajstić information content (AvgIpc) is 3.04. The molecule has 1 aromatic carbocycles. The number of piperidine rings is 1. The fourth-order valence-corrected chi connectivity index (χ4v) is 4.89. The SMILES string of the molecule is Cc1cc(CC(=O)N2CCC(CS(=O)(=O)C(C)C)CC2)cc2c1OCO2. The molecule has 2 aliphatic heterocycles. The lowest BCUT2D eigenvalue weighted by molar-refractivity contribution is -0.131. The molecular formula is C19H27NO5S. The maximum Gasteiger partial charge on any atom is 0.231 e. The largest absolute Gasteiger partial charge is 0.454 e. The normalized spacial score (nSPS) is 17.8. The summed E-state index contributed by atoms with van der Waals surface area (Å²) in [4.78, 5) is 14.5. The first-order chi connectivity index (χ1) is 12.3. The minimum atomic E-state index is -3.02. The van der Waals surface area contributed by atoms with Gasteiger partial charge < -0.3 is 14.4 Å². The summed E-state index contributed by atoms with van der Waals surface area (Å²) in [6, 6.07) is 3.84. The number of amides is 1. The molecule has 144 valence electrons. The van der Waals surface area contributed by atoms with Crippen LogP contribution in [0, 0.1) is 12.8 Å². The molecule has 26 heavy (non-hydrogen) atoms. The number of sulfone groups is 1. The number of likely N-dealkylation sites (tertiary alicyclic amines) is 1. The molecule has 0 saturated carbocycles. The molecule has 0 atom stereocenters. The van der Waals surface area contributed by atoms with Crippen molar-refractivity contribution in [3.8, 4) is 11.5 Å². The smallest absolute Gasteiger partial charge is 0.231 e. The number of hydrogen-bond acceptors (Lipinski definition) is 5. The summed E-state index contributed by atoms with van der Waals surface area (Å²) >= 11 is 0. The quantitative estimate of drug-likeness (QED) is 0.783. The Bertz CT molecular complexity index is 779. The zero-order valence-electron chi connectivity index (χ0n) is 15.7. The topological polar surface area (TPSA) is 72.9 Å². The Morgan fingerprint density at radius 3 is 2.58 bits per heavy atom. The molecule has 0 aromatic heterocycles. The van der Waals surface area contributed by atoms with Crippen molar-refractivity contribution in [2.45, 2.75) is 45.3 Å². The molecule has 1 amide bonds. The molecule has 0 N–H and O–H groups in total. The molecule has 2 heterocycles. The van der Waals surface area contributed by atoms with E-state index in [0.29, 0.717) is 25.3 Å². The van der Waals surface area contributed by atoms with Gasteiger partial charge >= 0.3 is 0 Å². The molecule has 7 heteroatoms. The standard InChI is InChI=1S/C19H27NO5S/c1-13(2)26(22,23)11-15-4-6-20(7-5-15)18(21)10-16-8-14(3)19-17(9-16)24-12-25-19/h8-9,13,15H,4-7,10-12H2,1-3H3. The van der Waals surface area contributed by atoms with Crippen LogP contribution in [-0.2, 0) is 21.1 Å². The van der Waals surface area contributed by atoms with E-state index in [1.54, 1.807) is 13.8 Å². The van der Waals surface area contributed by atoms with Gasteiger partial charge in [0.1, 0.15) is 0 Å². The summed E-state index contributed by atoms with van der Waals surface area (Å²) in [5.41, 5.74) is 1.89. The minimum Gasteiger partial charge on any atom is -0.454 e. The third-order valence-corrected chi connectivity index (χ3v) is 7.60. The van der Waals surface area contributed by atoms with Gasteiger partial charge in [-0.3, -0.25) is 4.79 Å². The Labute approximate surface area is 155 Å². The summed E-state index contributed by atoms with van der Waals surface area (Å²) < 4.78 is 35.0. The number of fused-ring (bicyclic) bond motifs is 1. The average molecular weight is 381 g/mol. The van der Waals surface area contributed by atoms with Gasteiger partial charge in [-0.1, -0.05) is 6.07 Å². The summed E-state index contributed by atoms with van der Waals surface area (Å²) in [6.07, 6.45) is 1.82. The van der Waals surface area contributed by atoms with Gasteiger partial charge in [0.05, 0.1) is 17.4 Å². The second kappa shape index (κ2) is 7.47. The molecule has 6 nitrogen and oxygen atoms in total. The first-order valence-electron chi connectivity index (χ1n) is 9.14. The predicted octanol–water partition coefficient (Wildman–Crippen LogP) is 2.33. The number of ether oxygens (including phenoxy) is 2. The molecule has 0 aliphatic carbocycles. The fraction of sp³-hybridized carbons (Fsp3) is 0.632. The van der Waals surface area contributed by atoms with Gasteiger partial charge in [0.25, 0.3) is 0 Å². The van der Waals surface area contributed by atoms with Crippen molar-refractivity contribution in [1.29, 1.82) is 0 Å². The highest BCUT2D eigenvalue weighted by atomic mass is 32.2. The number of nitrogens with zero attached hydrogens (tertiary/aromatic N) is 1. The zero-order chi connectivity index (χ0) is 18.9. The summed E-state index contributed by atoms with van der Waals surface area (Å²) in [5.74, 6) is 1.92. The van der Waals surface area contributed by atoms with E-state index in [9.17, 15) is 13.2 Å². The lowest BCUT2D eigenvalue weighted by atomic mass is 9.98. The Hall–Kier alpha value is -1.76. The highest BCUT2D eigenvalue weighted by Crippen LogP contribution is 2.36. The molecule has 3 rings (SSSR count). The van der Waals surface area contributed by atoms with Gasteiger partial charge in [0.2, 0.25) is 12.7 Å². The predicted molar refractivity (Wildman–Crippen MR) is 99.2 cm³/mol. The lowest BCUT2D eigenvalue weighted by Crippen LogP contribution is -2.41. The third-order valence-electron chi connectivity index (χ3n) is 5.23. The first kappa shape index (κ1) is 19.0. The van der Waals surface area contributed by atoms with E-state index in [1.165, 1.54) is 0 Å². The van der Waals surface area contributed by atoms with E-state index < -0.39 is 9.84 Å². The zero-order valence-corrected chi connectivity index (χ0v) is 16.5. The van der Waals surface area contributed by atoms with Crippen LogP contribution >= 0.6 is 0 Å². The van der Waals surface area contributed by atoms with Gasteiger partial charge in [0.15, 0.2) is 21.3 Å². The molecule has 1 fully saturated rings. The first-order valence-corrected chi connectivity index (χ1v) is 10.9. The fourth-order valence-electron chi connectivity index (χ4n) is 3.52. The van der Waals surface area contributed by atoms with Crippen LogP contribution in [0.2, 0.25) is 0 Å². The van der Waals surface area contributed by atoms with Gasteiger partial charge in [-0.2, -0.15) is 0 Å². The second-order valence-corrected chi connectivity index (χ2v) is 10.1. The number of carbonyl (C=O) groups is 1. The Morgan fingerprint density at radius 2 is 1.92 bits per heavy atom. The van der Waals surface area contributed by atoms with Crippen molar-refractivity contribution >= 4 is 15.7 Å². The van der Waals surface area contributed by atoms with Crippen LogP contribution in [-0.4, -0.2) is 50.1 Å². The molecule has 1 aromatic rings. The Morgan fingerprint density at radius 1 is 1.23 bits per heavy atom. The van der Waals surface area contributed by atoms with Crippen LogP contribution in [0.15, 0.2) is 12.1 Å². The number of hydrogen-bond donors (Lipinski definition) is 0. The van der Waals surface area contributed by atoms with Crippen LogP contribution in [0.5, 0.6) is 11.5 Å². The maximum atomic E-state index is 12.6. The number of benzene rings is 1. The number of carbonyl (C=O) groups excluding carboxylic acids is 1. The van der Waals surface area contributed by atoms with Gasteiger partial charge in [-0.15, -0.1) is 0 Å². The second-order valence-electron chi connectivity index (χ2n) is 7.53. The monoisotopic (exact) mass is 381 g/mol. The van der Waals surface area contributed by atoms with Crippen molar-refractivity contribution in [2.75, 3.05) is 25.6 Å². The van der Waals surface area contributed by atoms with E-state index in [1.807, 2.05) is 24.0 Å². The highest BCUT2D eigenvalue weighted by Gasteiger charge is 2.28. The lowest BCUT2D eigenvalue weighted by Gasteiger charge is -2.32. The Balaban J connectivity index is 1.55. The van der Waals surface area contributed by atoms with Crippen molar-refractivity contribution in [1.82, 2.24) is 4.90 Å². The minimum absolute atomic E-state index is 0.0773. The van der Waals surface area contributed by atoms with Crippen LogP contribution in [0.25, 0.3) is 0 Å². The molecular weight excluding hydrogens is 354 g/mol. The summed E-state index contributed by atoms with van der Waals surface area (Å²) in [6.45, 7) is 6.87. The van der Waals surface area contributed by atoms with Crippen molar-refractivity contribution in [3.05, 3.63) is 23.3 Å². The van der Waals surface area contributed by atoms with Crippen molar-refractivity contribution in [3.63, 3.8) is 0 Å². The molecule has 2 aliphatic rings. The van der Waals surface area contributed by atoms with Gasteiger partial charge in [0, 0.05) is 13.1 Å². The van der Waals surface area contributed by atoms with E-state index in [4.69, 9.17) is 9.47 Å². The Kier molecular flexibility index (Phi) is 5.46. The summed E-state index contributed by atoms with van der Waals surface area (Å²) in [7, 11) is -3.02. The van der Waals surface area contributed by atoms with E-state index in [0.717, 1.165) is 29.7 Å². The molecule has 0 unspecified atom stereocenters. The molecule has 0 radical (unpaired) electrons. The van der Waals surface area contributed by atoms with E-state index >= 15 is 0 Å². The highest BCUT2D eigenvalue weighted by molar-refractivity contribution is 7.91. The maximum absolute atomic E-state index is 12.6. The number of rotatable bonds is 5. The van der Waals surface area contributed by atoms with Crippen LogP contribution in [0.1, 0.15) is 37.8 Å².